The fourth-order valence-electron chi connectivity index (χ4n) is 3.94. The van der Waals surface area contributed by atoms with Crippen molar-refractivity contribution in [1.82, 2.24) is 4.90 Å². The highest BCUT2D eigenvalue weighted by Crippen LogP contribution is 2.19. The van der Waals surface area contributed by atoms with E-state index in [0.717, 1.165) is 19.5 Å². The quantitative estimate of drug-likeness (QED) is 0.278. The van der Waals surface area contributed by atoms with Crippen LogP contribution in [0.4, 0.5) is 5.82 Å². The fraction of sp³-hybridized carbons (Fsp3) is 0.567. The summed E-state index contributed by atoms with van der Waals surface area (Å²) in [7, 11) is 0. The minimum absolute atomic E-state index is 1.13. The Balaban J connectivity index is 0.000000675. The predicted molar refractivity (Wildman–Crippen MR) is 148 cm³/mol. The van der Waals surface area contributed by atoms with E-state index in [9.17, 15) is 0 Å². The molecule has 3 nitrogen and oxygen atoms in total. The van der Waals surface area contributed by atoms with Crippen molar-refractivity contribution in [1.29, 1.82) is 0 Å². The number of aryl methyl sites for hydroxylation is 1. The van der Waals surface area contributed by atoms with Gasteiger partial charge in [-0.15, -0.1) is 0 Å². The first kappa shape index (κ1) is 28.9. The topological polar surface area (TPSA) is 10.4 Å². The fourth-order valence-corrected chi connectivity index (χ4v) is 3.94. The molecule has 0 saturated carbocycles. The van der Waals surface area contributed by atoms with Crippen LogP contribution >= 0.6 is 0 Å². The largest absolute Gasteiger partial charge is 0.304 e. The zero-order valence-electron chi connectivity index (χ0n) is 22.4. The van der Waals surface area contributed by atoms with Crippen LogP contribution in [0.3, 0.4) is 0 Å². The maximum atomic E-state index is 2.60. The number of hydrogen-bond donors (Lipinski definition) is 0. The molecule has 0 aliphatic heterocycles. The molecule has 0 atom stereocenters. The van der Waals surface area contributed by atoms with Crippen molar-refractivity contribution in [2.24, 2.45) is 0 Å². The van der Waals surface area contributed by atoms with Gasteiger partial charge in [0.15, 0.2) is 0 Å². The van der Waals surface area contributed by atoms with E-state index in [0.29, 0.717) is 0 Å². The second-order valence-corrected chi connectivity index (χ2v) is 8.55. The van der Waals surface area contributed by atoms with Gasteiger partial charge in [-0.3, -0.25) is 4.90 Å². The number of anilines is 1. The Labute approximate surface area is 205 Å². The molecule has 0 fully saturated rings. The van der Waals surface area contributed by atoms with Gasteiger partial charge in [0.2, 0.25) is 0 Å². The third-order valence-corrected chi connectivity index (χ3v) is 6.03. The molecule has 0 bridgehead atoms. The lowest BCUT2D eigenvalue weighted by Gasteiger charge is -2.21. The molecule has 1 aromatic heterocycles. The number of rotatable bonds is 14. The van der Waals surface area contributed by atoms with E-state index in [1.165, 1.54) is 68.7 Å². The van der Waals surface area contributed by atoms with Crippen LogP contribution in [0.1, 0.15) is 84.8 Å². The minimum Gasteiger partial charge on any atom is -0.304 e. The summed E-state index contributed by atoms with van der Waals surface area (Å²) in [4.78, 5) is 4.98. The smallest absolute Gasteiger partial charge is 0.284 e. The number of nitrogens with zero attached hydrogens (tertiary/aromatic N) is 3. The van der Waals surface area contributed by atoms with Crippen LogP contribution in [0.15, 0.2) is 48.7 Å². The van der Waals surface area contributed by atoms with Crippen molar-refractivity contribution in [3.05, 3.63) is 59.8 Å². The van der Waals surface area contributed by atoms with E-state index < -0.39 is 0 Å². The lowest BCUT2D eigenvalue weighted by atomic mass is 10.1. The molecule has 1 aromatic carbocycles. The lowest BCUT2D eigenvalue weighted by Crippen LogP contribution is -2.40. The second-order valence-electron chi connectivity index (χ2n) is 8.55. The summed E-state index contributed by atoms with van der Waals surface area (Å²) in [6.07, 6.45) is 13.9. The summed E-state index contributed by atoms with van der Waals surface area (Å²) < 4.78 is 2.32. The summed E-state index contributed by atoms with van der Waals surface area (Å²) in [5.74, 6) is 1.38. The molecule has 1 heterocycles. The third kappa shape index (κ3) is 11.0. The van der Waals surface area contributed by atoms with E-state index in [1.54, 1.807) is 0 Å². The normalized spacial score (nSPS) is 11.0. The minimum atomic E-state index is 1.13. The molecule has 33 heavy (non-hydrogen) atoms. The Morgan fingerprint density at radius 2 is 1.33 bits per heavy atom. The van der Waals surface area contributed by atoms with Gasteiger partial charge in [-0.2, -0.15) is 0 Å². The van der Waals surface area contributed by atoms with Crippen LogP contribution in [0, 0.1) is 0 Å². The van der Waals surface area contributed by atoms with E-state index in [-0.39, 0.29) is 0 Å². The van der Waals surface area contributed by atoms with E-state index in [2.05, 4.69) is 117 Å². The van der Waals surface area contributed by atoms with Gasteiger partial charge in [0.25, 0.3) is 5.82 Å². The van der Waals surface area contributed by atoms with Gasteiger partial charge < -0.3 is 4.90 Å². The van der Waals surface area contributed by atoms with Crippen LogP contribution in [0.2, 0.25) is 0 Å². The maximum Gasteiger partial charge on any atom is 0.284 e. The first-order chi connectivity index (χ1) is 16.1. The van der Waals surface area contributed by atoms with Crippen molar-refractivity contribution < 1.29 is 4.57 Å². The predicted octanol–water partition coefficient (Wildman–Crippen LogP) is 7.31. The first-order valence-electron chi connectivity index (χ1n) is 13.4. The molecule has 3 heteroatoms. The second kappa shape index (κ2) is 18.3. The number of unbranched alkanes of at least 4 members (excludes halogenated alkanes) is 2. The van der Waals surface area contributed by atoms with Crippen LogP contribution in [-0.4, -0.2) is 37.6 Å². The summed E-state index contributed by atoms with van der Waals surface area (Å²) in [5.41, 5.74) is 2.69. The Bertz CT molecular complexity index is 737. The molecule has 0 unspecified atom stereocenters. The average Bonchev–Trinajstić information content (AvgIpc) is 2.86. The highest BCUT2D eigenvalue weighted by molar-refractivity contribution is 5.57. The number of pyridine rings is 1. The van der Waals surface area contributed by atoms with Crippen molar-refractivity contribution in [2.75, 3.05) is 37.6 Å². The van der Waals surface area contributed by atoms with Gasteiger partial charge in [-0.25, -0.2) is 4.57 Å². The molecule has 2 aromatic rings. The summed E-state index contributed by atoms with van der Waals surface area (Å²) in [6.45, 7) is 19.2. The summed E-state index contributed by atoms with van der Waals surface area (Å²) >= 11 is 0. The van der Waals surface area contributed by atoms with E-state index in [4.69, 9.17) is 0 Å². The molecule has 0 N–H and O–H groups in total. The highest BCUT2D eigenvalue weighted by atomic mass is 15.2. The Hall–Kier alpha value is -2.13. The van der Waals surface area contributed by atoms with Crippen molar-refractivity contribution in [3.63, 3.8) is 0 Å². The molecule has 0 aliphatic carbocycles. The molecule has 184 valence electrons. The van der Waals surface area contributed by atoms with Crippen molar-refractivity contribution in [3.8, 4) is 0 Å². The van der Waals surface area contributed by atoms with Gasteiger partial charge in [0.05, 0.1) is 25.5 Å². The van der Waals surface area contributed by atoms with Gasteiger partial charge in [-0.05, 0) is 62.7 Å². The van der Waals surface area contributed by atoms with Gasteiger partial charge >= 0.3 is 0 Å². The number of hydrogen-bond acceptors (Lipinski definition) is 2. The van der Waals surface area contributed by atoms with Gasteiger partial charge in [-0.1, -0.05) is 91.1 Å². The molecule has 0 spiro atoms. The van der Waals surface area contributed by atoms with E-state index >= 15 is 0 Å². The molecule has 0 radical (unpaired) electrons. The Morgan fingerprint density at radius 1 is 0.727 bits per heavy atom. The SMILES string of the molecule is CCCCN(CCCC)c1c(CCC)ccc[n+]1C=Cc1ccccc1.CCN(CC)CC. The lowest BCUT2D eigenvalue weighted by molar-refractivity contribution is -0.554. The maximum absolute atomic E-state index is 2.60. The number of aromatic nitrogens is 1. The van der Waals surface area contributed by atoms with Gasteiger partial charge in [0.1, 0.15) is 0 Å². The zero-order valence-corrected chi connectivity index (χ0v) is 22.4. The standard InChI is InChI=1S/C24H35N2.C6H15N/c1-4-7-18-25(19-8-5-2)24-23(13-6-3)16-12-20-26(24)21-17-22-14-10-9-11-15-22;1-4-7(5-2)6-3/h9-12,14-17,20-21H,4-8,13,18-19H2,1-3H3;4-6H2,1-3H3/q+1;. The Morgan fingerprint density at radius 3 is 1.82 bits per heavy atom. The highest BCUT2D eigenvalue weighted by Gasteiger charge is 2.22. The summed E-state index contributed by atoms with van der Waals surface area (Å²) in [5, 5.41) is 0. The third-order valence-electron chi connectivity index (χ3n) is 6.03. The Kier molecular flexibility index (Phi) is 16.0. The zero-order chi connectivity index (χ0) is 24.3. The average molecular weight is 453 g/mol. The van der Waals surface area contributed by atoms with Crippen LogP contribution < -0.4 is 9.47 Å². The molecule has 2 rings (SSSR count). The molecular weight excluding hydrogens is 402 g/mol. The van der Waals surface area contributed by atoms with Crippen molar-refractivity contribution >= 4 is 18.1 Å². The molecule has 0 aliphatic rings. The molecular formula is C30H50N3+. The summed E-state index contributed by atoms with van der Waals surface area (Å²) in [6, 6.07) is 15.0. The van der Waals surface area contributed by atoms with E-state index in [1.807, 2.05) is 0 Å². The molecule has 0 saturated heterocycles. The monoisotopic (exact) mass is 452 g/mol. The first-order valence-corrected chi connectivity index (χ1v) is 13.4. The number of benzene rings is 1. The van der Waals surface area contributed by atoms with Crippen molar-refractivity contribution in [2.45, 2.75) is 80.1 Å². The van der Waals surface area contributed by atoms with Crippen LogP contribution in [-0.2, 0) is 6.42 Å². The van der Waals surface area contributed by atoms with Crippen LogP contribution in [0.5, 0.6) is 0 Å². The van der Waals surface area contributed by atoms with Gasteiger partial charge in [0, 0.05) is 5.56 Å². The molecule has 0 amide bonds. The van der Waals surface area contributed by atoms with Crippen LogP contribution in [0.25, 0.3) is 12.3 Å².